The number of amides is 1. The zero-order valence-corrected chi connectivity index (χ0v) is 11.7. The lowest BCUT2D eigenvalue weighted by Crippen LogP contribution is -2.10. The molecule has 2 aromatic rings. The van der Waals surface area contributed by atoms with Crippen LogP contribution in [0.25, 0.3) is 0 Å². The van der Waals surface area contributed by atoms with Crippen molar-refractivity contribution in [3.05, 3.63) is 58.6 Å². The number of nitrogen functional groups attached to an aromatic ring is 1. The van der Waals surface area contributed by atoms with Crippen molar-refractivity contribution >= 4 is 35.0 Å². The average Bonchev–Trinajstić information content (AvgIpc) is 2.39. The second-order valence-corrected chi connectivity index (χ2v) is 5.42. The molecule has 0 aliphatic carbocycles. The maximum Gasteiger partial charge on any atom is 0.248 e. The Hall–Kier alpha value is -1.65. The number of hydrogen-bond donors (Lipinski definition) is 2. The Morgan fingerprint density at radius 3 is 2.58 bits per heavy atom. The molecule has 0 aliphatic rings. The van der Waals surface area contributed by atoms with Gasteiger partial charge in [0.1, 0.15) is 0 Å². The number of halogens is 1. The van der Waals surface area contributed by atoms with Crippen molar-refractivity contribution in [3.8, 4) is 0 Å². The fraction of sp³-hybridized carbons (Fsp3) is 0.0714. The predicted octanol–water partition coefficient (Wildman–Crippen LogP) is 3.31. The number of rotatable bonds is 4. The van der Waals surface area contributed by atoms with Gasteiger partial charge in [-0.15, -0.1) is 11.8 Å². The van der Waals surface area contributed by atoms with Crippen LogP contribution in [0.2, 0.25) is 5.02 Å². The Morgan fingerprint density at radius 2 is 1.95 bits per heavy atom. The predicted molar refractivity (Wildman–Crippen MR) is 80.4 cm³/mol. The standard InChI is InChI=1S/C14H13ClN2OS/c15-11-7-9(14(17)18)5-6-10(11)8-19-13-4-2-1-3-12(13)16/h1-7H,8,16H2,(H2,17,18). The summed E-state index contributed by atoms with van der Waals surface area (Å²) in [5, 5.41) is 0.540. The molecular formula is C14H13ClN2OS. The summed E-state index contributed by atoms with van der Waals surface area (Å²) in [6.07, 6.45) is 0. The van der Waals surface area contributed by atoms with Crippen LogP contribution >= 0.6 is 23.4 Å². The lowest BCUT2D eigenvalue weighted by atomic mass is 10.1. The molecule has 3 nitrogen and oxygen atoms in total. The van der Waals surface area contributed by atoms with Crippen molar-refractivity contribution in [1.29, 1.82) is 0 Å². The van der Waals surface area contributed by atoms with Crippen molar-refractivity contribution in [1.82, 2.24) is 0 Å². The minimum atomic E-state index is -0.478. The molecule has 0 fully saturated rings. The van der Waals surface area contributed by atoms with Crippen molar-refractivity contribution < 1.29 is 4.79 Å². The van der Waals surface area contributed by atoms with E-state index in [4.69, 9.17) is 23.1 Å². The van der Waals surface area contributed by atoms with E-state index in [0.29, 0.717) is 16.3 Å². The first-order valence-corrected chi connectivity index (χ1v) is 7.00. The molecule has 4 N–H and O–H groups in total. The summed E-state index contributed by atoms with van der Waals surface area (Å²) >= 11 is 7.73. The van der Waals surface area contributed by atoms with Gasteiger partial charge in [-0.2, -0.15) is 0 Å². The highest BCUT2D eigenvalue weighted by atomic mass is 35.5. The molecule has 1 amide bonds. The van der Waals surface area contributed by atoms with Crippen LogP contribution in [0.15, 0.2) is 47.4 Å². The summed E-state index contributed by atoms with van der Waals surface area (Å²) in [6, 6.07) is 12.7. The van der Waals surface area contributed by atoms with Crippen LogP contribution in [-0.4, -0.2) is 5.91 Å². The highest BCUT2D eigenvalue weighted by molar-refractivity contribution is 7.98. The SMILES string of the molecule is NC(=O)c1ccc(CSc2ccccc2N)c(Cl)c1. The van der Waals surface area contributed by atoms with Gasteiger partial charge in [0.2, 0.25) is 5.91 Å². The molecule has 0 radical (unpaired) electrons. The number of thioether (sulfide) groups is 1. The van der Waals surface area contributed by atoms with Gasteiger partial charge in [0.15, 0.2) is 0 Å². The number of carbonyl (C=O) groups excluding carboxylic acids is 1. The third-order valence-corrected chi connectivity index (χ3v) is 4.13. The summed E-state index contributed by atoms with van der Waals surface area (Å²) in [7, 11) is 0. The van der Waals surface area contributed by atoms with Crippen molar-refractivity contribution in [2.24, 2.45) is 5.73 Å². The third kappa shape index (κ3) is 3.43. The molecule has 0 aromatic heterocycles. The van der Waals surface area contributed by atoms with E-state index in [1.807, 2.05) is 30.3 Å². The van der Waals surface area contributed by atoms with Crippen LogP contribution in [0.5, 0.6) is 0 Å². The van der Waals surface area contributed by atoms with Gasteiger partial charge in [0.05, 0.1) is 0 Å². The second kappa shape index (κ2) is 5.99. The minimum absolute atomic E-state index is 0.415. The van der Waals surface area contributed by atoms with Crippen molar-refractivity contribution in [2.45, 2.75) is 10.6 Å². The Labute approximate surface area is 120 Å². The van der Waals surface area contributed by atoms with E-state index < -0.39 is 5.91 Å². The summed E-state index contributed by atoms with van der Waals surface area (Å²) in [5.41, 5.74) is 13.2. The minimum Gasteiger partial charge on any atom is -0.398 e. The zero-order valence-electron chi connectivity index (χ0n) is 10.1. The number of primary amides is 1. The fourth-order valence-electron chi connectivity index (χ4n) is 1.59. The molecule has 0 heterocycles. The fourth-order valence-corrected chi connectivity index (χ4v) is 2.88. The molecule has 0 unspecified atom stereocenters. The van der Waals surface area contributed by atoms with Gasteiger partial charge >= 0.3 is 0 Å². The average molecular weight is 293 g/mol. The Kier molecular flexibility index (Phi) is 4.35. The van der Waals surface area contributed by atoms with Crippen molar-refractivity contribution in [3.63, 3.8) is 0 Å². The van der Waals surface area contributed by atoms with Gasteiger partial charge in [0.25, 0.3) is 0 Å². The molecule has 0 aliphatic heterocycles. The highest BCUT2D eigenvalue weighted by Crippen LogP contribution is 2.30. The topological polar surface area (TPSA) is 69.1 Å². The maximum atomic E-state index is 11.0. The molecular weight excluding hydrogens is 280 g/mol. The smallest absolute Gasteiger partial charge is 0.248 e. The number of carbonyl (C=O) groups is 1. The van der Waals surface area contributed by atoms with Gasteiger partial charge < -0.3 is 11.5 Å². The van der Waals surface area contributed by atoms with Crippen LogP contribution in [0.3, 0.4) is 0 Å². The molecule has 2 aromatic carbocycles. The molecule has 0 saturated carbocycles. The molecule has 0 spiro atoms. The van der Waals surface area contributed by atoms with E-state index in [-0.39, 0.29) is 0 Å². The van der Waals surface area contributed by atoms with Crippen LogP contribution < -0.4 is 11.5 Å². The lowest BCUT2D eigenvalue weighted by Gasteiger charge is -2.07. The largest absolute Gasteiger partial charge is 0.398 e. The first-order valence-electron chi connectivity index (χ1n) is 5.63. The van der Waals surface area contributed by atoms with Crippen LogP contribution in [0, 0.1) is 0 Å². The second-order valence-electron chi connectivity index (χ2n) is 4.00. The van der Waals surface area contributed by atoms with Crippen molar-refractivity contribution in [2.75, 3.05) is 5.73 Å². The first kappa shape index (κ1) is 13.8. The summed E-state index contributed by atoms with van der Waals surface area (Å²) < 4.78 is 0. The molecule has 19 heavy (non-hydrogen) atoms. The Bertz CT molecular complexity index is 616. The van der Waals surface area contributed by atoms with E-state index in [1.165, 1.54) is 0 Å². The van der Waals surface area contributed by atoms with Gasteiger partial charge in [-0.1, -0.05) is 29.8 Å². The highest BCUT2D eigenvalue weighted by Gasteiger charge is 2.07. The van der Waals surface area contributed by atoms with Gasteiger partial charge in [0, 0.05) is 26.9 Å². The first-order chi connectivity index (χ1) is 9.08. The number of para-hydroxylation sites is 1. The third-order valence-electron chi connectivity index (χ3n) is 2.64. The Morgan fingerprint density at radius 1 is 1.21 bits per heavy atom. The van der Waals surface area contributed by atoms with E-state index in [0.717, 1.165) is 16.1 Å². The zero-order chi connectivity index (χ0) is 13.8. The Balaban J connectivity index is 2.12. The molecule has 0 atom stereocenters. The summed E-state index contributed by atoms with van der Waals surface area (Å²) in [6.45, 7) is 0. The van der Waals surface area contributed by atoms with Gasteiger partial charge in [-0.3, -0.25) is 4.79 Å². The molecule has 2 rings (SSSR count). The van der Waals surface area contributed by atoms with Crippen LogP contribution in [-0.2, 0) is 5.75 Å². The number of nitrogens with two attached hydrogens (primary N) is 2. The van der Waals surface area contributed by atoms with Crippen LogP contribution in [0.4, 0.5) is 5.69 Å². The number of hydrogen-bond acceptors (Lipinski definition) is 3. The van der Waals surface area contributed by atoms with Gasteiger partial charge in [-0.25, -0.2) is 0 Å². The van der Waals surface area contributed by atoms with E-state index >= 15 is 0 Å². The van der Waals surface area contributed by atoms with E-state index in [9.17, 15) is 4.79 Å². The monoisotopic (exact) mass is 292 g/mol. The van der Waals surface area contributed by atoms with E-state index in [1.54, 1.807) is 23.9 Å². The molecule has 98 valence electrons. The summed E-state index contributed by atoms with van der Waals surface area (Å²) in [4.78, 5) is 12.0. The molecule has 0 bridgehead atoms. The number of benzene rings is 2. The lowest BCUT2D eigenvalue weighted by molar-refractivity contribution is 0.100. The van der Waals surface area contributed by atoms with Crippen LogP contribution in [0.1, 0.15) is 15.9 Å². The molecule has 0 saturated heterocycles. The quantitative estimate of drug-likeness (QED) is 0.671. The van der Waals surface area contributed by atoms with Gasteiger partial charge in [-0.05, 0) is 29.8 Å². The number of anilines is 1. The van der Waals surface area contributed by atoms with E-state index in [2.05, 4.69) is 0 Å². The summed E-state index contributed by atoms with van der Waals surface area (Å²) in [5.74, 6) is 0.208. The molecule has 5 heteroatoms. The normalized spacial score (nSPS) is 10.4. The maximum absolute atomic E-state index is 11.0.